The van der Waals surface area contributed by atoms with Gasteiger partial charge in [-0.05, 0) is 54.9 Å². The number of fused-ring (bicyclic) bond motifs is 4. The van der Waals surface area contributed by atoms with E-state index in [1.165, 1.54) is 6.07 Å². The Balaban J connectivity index is 1.21. The molecule has 2 spiro atoms. The summed E-state index contributed by atoms with van der Waals surface area (Å²) in [5, 5.41) is 15.9. The number of anilines is 1. The molecule has 8 rings (SSSR count). The molecule has 204 valence electrons. The van der Waals surface area contributed by atoms with Gasteiger partial charge in [0.1, 0.15) is 35.6 Å². The van der Waals surface area contributed by atoms with Gasteiger partial charge in [-0.15, -0.1) is 0 Å². The van der Waals surface area contributed by atoms with Crippen molar-refractivity contribution in [3.63, 3.8) is 0 Å². The molecule has 38 heavy (non-hydrogen) atoms. The third-order valence-electron chi connectivity index (χ3n) is 11.1. The number of esters is 1. The van der Waals surface area contributed by atoms with Crippen LogP contribution >= 0.6 is 0 Å². The summed E-state index contributed by atoms with van der Waals surface area (Å²) < 4.78 is 65.2. The van der Waals surface area contributed by atoms with Crippen LogP contribution in [0.1, 0.15) is 45.6 Å². The smallest absolute Gasteiger partial charge is 0.416 e. The number of hydrogen-bond acceptors (Lipinski definition) is 7. The van der Waals surface area contributed by atoms with E-state index in [0.717, 1.165) is 23.3 Å². The second-order valence-corrected chi connectivity index (χ2v) is 12.7. The molecule has 9 atom stereocenters. The summed E-state index contributed by atoms with van der Waals surface area (Å²) in [5.41, 5.74) is -3.51. The highest BCUT2D eigenvalue weighted by atomic mass is 19.4. The van der Waals surface area contributed by atoms with Crippen LogP contribution in [0.3, 0.4) is 0 Å². The van der Waals surface area contributed by atoms with Crippen LogP contribution in [0.25, 0.3) is 0 Å². The lowest BCUT2D eigenvalue weighted by Crippen LogP contribution is -2.77. The molecule has 2 N–H and O–H groups in total. The van der Waals surface area contributed by atoms with Crippen molar-refractivity contribution in [2.75, 3.05) is 18.5 Å². The molecule has 10 heteroatoms. The predicted molar refractivity (Wildman–Crippen MR) is 126 cm³/mol. The number of rotatable bonds is 4. The maximum absolute atomic E-state index is 13.4. The van der Waals surface area contributed by atoms with Crippen LogP contribution in [-0.4, -0.2) is 64.9 Å². The van der Waals surface area contributed by atoms with E-state index in [9.17, 15) is 23.1 Å². The topological polar surface area (TPSA) is 96.2 Å². The number of carbonyl (C=O) groups excluding carboxylic acids is 1. The number of hydrogen-bond donors (Lipinski definition) is 2. The number of cyclic esters (lactones) is 1. The molecule has 0 bridgehead atoms. The SMILES string of the molecule is CC(C)[C@]12O[C@H]1[C@@H]1O[C@]13[C@]1(O[C@H]1C[C@H]1C4=C(CC[C@@]13C)C(=O)OC4)[C@]2(O)CNc1cccc(C(F)(F)F)c1. The number of nitrogens with one attached hydrogen (secondary N) is 1. The van der Waals surface area contributed by atoms with Gasteiger partial charge in [0.25, 0.3) is 0 Å². The highest BCUT2D eigenvalue weighted by Crippen LogP contribution is 2.85. The van der Waals surface area contributed by atoms with Crippen LogP contribution in [0, 0.1) is 17.3 Å². The van der Waals surface area contributed by atoms with Gasteiger partial charge in [0.05, 0.1) is 11.7 Å². The average Bonchev–Trinajstić information content (AvgIpc) is 3.76. The number of ether oxygens (including phenoxy) is 4. The van der Waals surface area contributed by atoms with Crippen LogP contribution in [0.2, 0.25) is 0 Å². The summed E-state index contributed by atoms with van der Waals surface area (Å²) in [7, 11) is 0. The monoisotopic (exact) mass is 533 g/mol. The highest BCUT2D eigenvalue weighted by molar-refractivity contribution is 5.92. The lowest BCUT2D eigenvalue weighted by molar-refractivity contribution is -0.159. The molecule has 7 nitrogen and oxygen atoms in total. The standard InChI is InChI=1S/C28H30F3NO6/c1-13(2)25-20(37-25)21-27(38-21)23(3)8-7-16-17(11-35-22(16)33)18(23)10-19-26(27,36-19)24(25,34)12-32-15-6-4-5-14(9-15)28(29,30)31/h4-6,9,13,18-21,32,34H,7-8,10-12H2,1-3H3/t18-,19-,20-,21-,23-,24-,25-,26+,27+/m0/s1. The summed E-state index contributed by atoms with van der Waals surface area (Å²) in [6.45, 7) is 6.39. The van der Waals surface area contributed by atoms with Gasteiger partial charge in [-0.1, -0.05) is 26.8 Å². The van der Waals surface area contributed by atoms with Crippen molar-refractivity contribution in [3.05, 3.63) is 41.0 Å². The van der Waals surface area contributed by atoms with Crippen molar-refractivity contribution in [2.45, 2.75) is 86.9 Å². The first-order valence-electron chi connectivity index (χ1n) is 13.4. The van der Waals surface area contributed by atoms with E-state index < -0.39 is 39.6 Å². The Labute approximate surface area is 217 Å². The Bertz CT molecular complexity index is 1330. The molecule has 0 amide bonds. The van der Waals surface area contributed by atoms with Crippen LogP contribution in [0.5, 0.6) is 0 Å². The van der Waals surface area contributed by atoms with Crippen LogP contribution in [-0.2, 0) is 29.9 Å². The molecule has 4 heterocycles. The molecular weight excluding hydrogens is 503 g/mol. The van der Waals surface area contributed by atoms with Crippen LogP contribution in [0.4, 0.5) is 18.9 Å². The number of halogens is 3. The Hall–Kier alpha value is -2.14. The Morgan fingerprint density at radius 2 is 1.95 bits per heavy atom. The molecule has 2 saturated carbocycles. The van der Waals surface area contributed by atoms with Crippen LogP contribution in [0.15, 0.2) is 35.4 Å². The van der Waals surface area contributed by atoms with Gasteiger partial charge in [-0.3, -0.25) is 0 Å². The van der Waals surface area contributed by atoms with Gasteiger partial charge in [-0.25, -0.2) is 4.79 Å². The fourth-order valence-corrected chi connectivity index (χ4v) is 9.39. The summed E-state index contributed by atoms with van der Waals surface area (Å²) >= 11 is 0. The van der Waals surface area contributed by atoms with Crippen LogP contribution < -0.4 is 5.32 Å². The molecule has 7 aliphatic rings. The maximum atomic E-state index is 13.4. The molecule has 4 aliphatic heterocycles. The second-order valence-electron chi connectivity index (χ2n) is 12.7. The molecule has 3 aliphatic carbocycles. The van der Waals surface area contributed by atoms with Gasteiger partial charge in [0.15, 0.2) is 5.60 Å². The Morgan fingerprint density at radius 1 is 1.16 bits per heavy atom. The molecule has 0 aromatic heterocycles. The Morgan fingerprint density at radius 3 is 2.68 bits per heavy atom. The number of aliphatic hydroxyl groups is 1. The van der Waals surface area contributed by atoms with Crippen molar-refractivity contribution in [1.29, 1.82) is 0 Å². The van der Waals surface area contributed by atoms with Gasteiger partial charge in [-0.2, -0.15) is 13.2 Å². The number of epoxide rings is 3. The fraction of sp³-hybridized carbons (Fsp3) is 0.679. The summed E-state index contributed by atoms with van der Waals surface area (Å²) in [5.74, 6) is -0.306. The number of alkyl halides is 3. The summed E-state index contributed by atoms with van der Waals surface area (Å²) in [6, 6.07) is 5.00. The van der Waals surface area contributed by atoms with Gasteiger partial charge < -0.3 is 29.4 Å². The third-order valence-corrected chi connectivity index (χ3v) is 11.1. The molecule has 0 radical (unpaired) electrons. The summed E-state index contributed by atoms with van der Waals surface area (Å²) in [4.78, 5) is 12.4. The Kier molecular flexibility index (Phi) is 4.12. The van der Waals surface area contributed by atoms with E-state index in [1.54, 1.807) is 6.07 Å². The van der Waals surface area contributed by atoms with Gasteiger partial charge in [0, 0.05) is 23.2 Å². The van der Waals surface area contributed by atoms with Gasteiger partial charge >= 0.3 is 12.1 Å². The number of benzene rings is 1. The van der Waals surface area contributed by atoms with Crippen molar-refractivity contribution in [2.24, 2.45) is 17.3 Å². The minimum Gasteiger partial charge on any atom is -0.458 e. The fourth-order valence-electron chi connectivity index (χ4n) is 9.39. The van der Waals surface area contributed by atoms with E-state index in [4.69, 9.17) is 18.9 Å². The van der Waals surface area contributed by atoms with Gasteiger partial charge in [0.2, 0.25) is 0 Å². The average molecular weight is 534 g/mol. The zero-order valence-corrected chi connectivity index (χ0v) is 21.4. The molecule has 1 aromatic rings. The molecule has 1 aromatic carbocycles. The first-order valence-corrected chi connectivity index (χ1v) is 13.4. The minimum atomic E-state index is -4.47. The second kappa shape index (κ2) is 6.59. The lowest BCUT2D eigenvalue weighted by atomic mass is 9.44. The number of carbonyl (C=O) groups is 1. The van der Waals surface area contributed by atoms with Crippen molar-refractivity contribution in [3.8, 4) is 0 Å². The maximum Gasteiger partial charge on any atom is 0.416 e. The van der Waals surface area contributed by atoms with E-state index in [1.807, 2.05) is 13.8 Å². The first kappa shape index (κ1) is 23.7. The molecular formula is C28H30F3NO6. The molecule has 0 unspecified atom stereocenters. The third kappa shape index (κ3) is 2.31. The normalized spacial score (nSPS) is 49.2. The zero-order chi connectivity index (χ0) is 26.7. The minimum absolute atomic E-state index is 0.0225. The van der Waals surface area contributed by atoms with Crippen molar-refractivity contribution < 1.29 is 42.0 Å². The predicted octanol–water partition coefficient (Wildman–Crippen LogP) is 3.60. The largest absolute Gasteiger partial charge is 0.458 e. The van der Waals surface area contributed by atoms with E-state index in [0.29, 0.717) is 19.3 Å². The van der Waals surface area contributed by atoms with E-state index in [2.05, 4.69) is 12.2 Å². The summed E-state index contributed by atoms with van der Waals surface area (Å²) in [6.07, 6.45) is -3.51. The quantitative estimate of drug-likeness (QED) is 0.451. The van der Waals surface area contributed by atoms with Crippen molar-refractivity contribution in [1.82, 2.24) is 0 Å². The molecule has 3 saturated heterocycles. The van der Waals surface area contributed by atoms with E-state index in [-0.39, 0.29) is 55.0 Å². The van der Waals surface area contributed by atoms with Crippen molar-refractivity contribution >= 4 is 11.7 Å². The molecule has 5 fully saturated rings. The zero-order valence-electron chi connectivity index (χ0n) is 21.4. The first-order chi connectivity index (χ1) is 17.9. The lowest BCUT2D eigenvalue weighted by Gasteiger charge is -2.56. The van der Waals surface area contributed by atoms with E-state index >= 15 is 0 Å². The highest BCUT2D eigenvalue weighted by Gasteiger charge is 3.04.